The summed E-state index contributed by atoms with van der Waals surface area (Å²) in [5.41, 5.74) is 0. The highest BCUT2D eigenvalue weighted by Crippen LogP contribution is 2.18. The summed E-state index contributed by atoms with van der Waals surface area (Å²) in [6.45, 7) is 1.35. The number of carbonyl (C=O) groups is 1. The monoisotopic (exact) mass is 274 g/mol. The molecule has 2 N–H and O–H groups in total. The van der Waals surface area contributed by atoms with Crippen molar-refractivity contribution in [3.63, 3.8) is 0 Å². The minimum Gasteiger partial charge on any atom is -0.497 e. The van der Waals surface area contributed by atoms with E-state index in [4.69, 9.17) is 9.47 Å². The zero-order valence-electron chi connectivity index (χ0n) is 10.6. The first-order valence-corrected chi connectivity index (χ1v) is 5.44. The highest BCUT2D eigenvalue weighted by atomic mass is 35.5. The number of halogens is 1. The van der Waals surface area contributed by atoms with Gasteiger partial charge in [0.15, 0.2) is 6.61 Å². The van der Waals surface area contributed by atoms with Crippen LogP contribution in [0.4, 0.5) is 0 Å². The van der Waals surface area contributed by atoms with Crippen LogP contribution in [-0.4, -0.2) is 39.8 Å². The van der Waals surface area contributed by atoms with Crippen molar-refractivity contribution < 1.29 is 14.3 Å². The second kappa shape index (κ2) is 9.56. The third-order valence-electron chi connectivity index (χ3n) is 2.11. The number of nitrogens with one attached hydrogen (secondary N) is 2. The maximum Gasteiger partial charge on any atom is 0.257 e. The molecule has 0 aliphatic rings. The van der Waals surface area contributed by atoms with Gasteiger partial charge in [-0.15, -0.1) is 12.4 Å². The van der Waals surface area contributed by atoms with Gasteiger partial charge in [-0.1, -0.05) is 6.07 Å². The molecule has 0 heterocycles. The average molecular weight is 275 g/mol. The van der Waals surface area contributed by atoms with Crippen molar-refractivity contribution in [1.82, 2.24) is 10.6 Å². The molecule has 0 saturated carbocycles. The van der Waals surface area contributed by atoms with Crippen molar-refractivity contribution in [1.29, 1.82) is 0 Å². The minimum absolute atomic E-state index is 0. The van der Waals surface area contributed by atoms with Crippen molar-refractivity contribution in [3.8, 4) is 11.5 Å². The van der Waals surface area contributed by atoms with Crippen LogP contribution in [0.3, 0.4) is 0 Å². The Morgan fingerprint density at radius 3 is 2.67 bits per heavy atom. The Morgan fingerprint density at radius 1 is 1.28 bits per heavy atom. The Balaban J connectivity index is 0.00000289. The molecule has 1 amide bonds. The average Bonchev–Trinajstić information content (AvgIpc) is 2.37. The van der Waals surface area contributed by atoms with Crippen molar-refractivity contribution >= 4 is 18.3 Å². The highest BCUT2D eigenvalue weighted by molar-refractivity contribution is 5.85. The first-order chi connectivity index (χ1) is 8.26. The number of carbonyl (C=O) groups excluding carboxylic acids is 1. The fraction of sp³-hybridized carbons (Fsp3) is 0.417. The Hall–Kier alpha value is -1.46. The lowest BCUT2D eigenvalue weighted by Gasteiger charge is -2.08. The molecule has 0 aliphatic carbocycles. The zero-order chi connectivity index (χ0) is 12.5. The SMILES string of the molecule is CNCCNC(=O)COc1cccc(OC)c1.Cl. The Bertz CT molecular complexity index is 361. The maximum absolute atomic E-state index is 11.4. The van der Waals surface area contributed by atoms with Crippen molar-refractivity contribution in [2.75, 3.05) is 33.9 Å². The van der Waals surface area contributed by atoms with Gasteiger partial charge in [-0.2, -0.15) is 0 Å². The highest BCUT2D eigenvalue weighted by Gasteiger charge is 2.02. The fourth-order valence-electron chi connectivity index (χ4n) is 1.22. The van der Waals surface area contributed by atoms with Gasteiger partial charge in [0.2, 0.25) is 0 Å². The second-order valence-corrected chi connectivity index (χ2v) is 3.42. The maximum atomic E-state index is 11.4. The van der Waals surface area contributed by atoms with Crippen molar-refractivity contribution in [2.24, 2.45) is 0 Å². The van der Waals surface area contributed by atoms with Gasteiger partial charge < -0.3 is 20.1 Å². The van der Waals surface area contributed by atoms with Gasteiger partial charge in [0.05, 0.1) is 7.11 Å². The van der Waals surface area contributed by atoms with Crippen LogP contribution in [0, 0.1) is 0 Å². The third-order valence-corrected chi connectivity index (χ3v) is 2.11. The van der Waals surface area contributed by atoms with E-state index in [1.807, 2.05) is 19.2 Å². The quantitative estimate of drug-likeness (QED) is 0.723. The molecule has 0 radical (unpaired) electrons. The second-order valence-electron chi connectivity index (χ2n) is 3.42. The van der Waals surface area contributed by atoms with Crippen LogP contribution in [0.1, 0.15) is 0 Å². The molecule has 1 aromatic carbocycles. The lowest BCUT2D eigenvalue weighted by Crippen LogP contribution is -2.33. The number of amides is 1. The van der Waals surface area contributed by atoms with E-state index < -0.39 is 0 Å². The van der Waals surface area contributed by atoms with Crippen LogP contribution in [0.25, 0.3) is 0 Å². The van der Waals surface area contributed by atoms with E-state index in [0.29, 0.717) is 18.0 Å². The Labute approximate surface area is 113 Å². The van der Waals surface area contributed by atoms with Gasteiger partial charge in [-0.25, -0.2) is 0 Å². The van der Waals surface area contributed by atoms with E-state index >= 15 is 0 Å². The number of hydrogen-bond acceptors (Lipinski definition) is 4. The van der Waals surface area contributed by atoms with E-state index in [-0.39, 0.29) is 24.9 Å². The molecular formula is C12H19ClN2O3. The lowest BCUT2D eigenvalue weighted by atomic mass is 10.3. The Morgan fingerprint density at radius 2 is 2.00 bits per heavy atom. The summed E-state index contributed by atoms with van der Waals surface area (Å²) in [5, 5.41) is 5.66. The first kappa shape index (κ1) is 16.5. The van der Waals surface area contributed by atoms with Crippen molar-refractivity contribution in [3.05, 3.63) is 24.3 Å². The van der Waals surface area contributed by atoms with E-state index in [0.717, 1.165) is 6.54 Å². The molecule has 0 aliphatic heterocycles. The molecule has 0 spiro atoms. The zero-order valence-corrected chi connectivity index (χ0v) is 11.4. The van der Waals surface area contributed by atoms with Crippen LogP contribution in [0.2, 0.25) is 0 Å². The summed E-state index contributed by atoms with van der Waals surface area (Å²) in [5.74, 6) is 1.19. The smallest absolute Gasteiger partial charge is 0.257 e. The summed E-state index contributed by atoms with van der Waals surface area (Å²) in [6.07, 6.45) is 0. The van der Waals surface area contributed by atoms with Crippen LogP contribution in [0.15, 0.2) is 24.3 Å². The molecule has 0 unspecified atom stereocenters. The molecule has 6 heteroatoms. The van der Waals surface area contributed by atoms with Crippen LogP contribution in [-0.2, 0) is 4.79 Å². The Kier molecular flexibility index (Phi) is 8.78. The summed E-state index contributed by atoms with van der Waals surface area (Å²) >= 11 is 0. The van der Waals surface area contributed by atoms with E-state index in [9.17, 15) is 4.79 Å². The van der Waals surface area contributed by atoms with Crippen LogP contribution < -0.4 is 20.1 Å². The molecule has 0 fully saturated rings. The van der Waals surface area contributed by atoms with Gasteiger partial charge in [0.1, 0.15) is 11.5 Å². The molecule has 0 bridgehead atoms. The van der Waals surface area contributed by atoms with E-state index in [1.165, 1.54) is 0 Å². The molecule has 18 heavy (non-hydrogen) atoms. The van der Waals surface area contributed by atoms with Gasteiger partial charge >= 0.3 is 0 Å². The summed E-state index contributed by atoms with van der Waals surface area (Å²) in [6, 6.07) is 7.15. The molecule has 102 valence electrons. The minimum atomic E-state index is -0.136. The van der Waals surface area contributed by atoms with Gasteiger partial charge in [-0.3, -0.25) is 4.79 Å². The largest absolute Gasteiger partial charge is 0.497 e. The summed E-state index contributed by atoms with van der Waals surface area (Å²) < 4.78 is 10.4. The number of ether oxygens (including phenoxy) is 2. The standard InChI is InChI=1S/C12H18N2O3.ClH/c1-13-6-7-14-12(15)9-17-11-5-3-4-10(8-11)16-2;/h3-5,8,13H,6-7,9H2,1-2H3,(H,14,15);1H. The topological polar surface area (TPSA) is 59.6 Å². The molecule has 0 atom stereocenters. The van der Waals surface area contributed by atoms with Crippen LogP contribution >= 0.6 is 12.4 Å². The summed E-state index contributed by atoms with van der Waals surface area (Å²) in [7, 11) is 3.42. The fourth-order valence-corrected chi connectivity index (χ4v) is 1.22. The molecular weight excluding hydrogens is 256 g/mol. The lowest BCUT2D eigenvalue weighted by molar-refractivity contribution is -0.123. The number of hydrogen-bond donors (Lipinski definition) is 2. The predicted octanol–water partition coefficient (Wildman–Crippen LogP) is 0.831. The predicted molar refractivity (Wildman–Crippen MR) is 72.7 cm³/mol. The van der Waals surface area contributed by atoms with Gasteiger partial charge in [0, 0.05) is 19.2 Å². The number of likely N-dealkylation sites (N-methyl/N-ethyl adjacent to an activating group) is 1. The first-order valence-electron chi connectivity index (χ1n) is 5.44. The van der Waals surface area contributed by atoms with E-state index in [1.54, 1.807) is 19.2 Å². The number of benzene rings is 1. The van der Waals surface area contributed by atoms with Crippen LogP contribution in [0.5, 0.6) is 11.5 Å². The molecule has 0 saturated heterocycles. The van der Waals surface area contributed by atoms with E-state index in [2.05, 4.69) is 10.6 Å². The number of rotatable bonds is 7. The molecule has 5 nitrogen and oxygen atoms in total. The number of methoxy groups -OCH3 is 1. The normalized spacial score (nSPS) is 9.22. The molecule has 1 aromatic rings. The van der Waals surface area contributed by atoms with Crippen molar-refractivity contribution in [2.45, 2.75) is 0 Å². The summed E-state index contributed by atoms with van der Waals surface area (Å²) in [4.78, 5) is 11.4. The third kappa shape index (κ3) is 6.32. The molecule has 1 rings (SSSR count). The molecule has 0 aromatic heterocycles. The van der Waals surface area contributed by atoms with Gasteiger partial charge in [-0.05, 0) is 19.2 Å². The van der Waals surface area contributed by atoms with Gasteiger partial charge in [0.25, 0.3) is 5.91 Å².